The third-order valence-corrected chi connectivity index (χ3v) is 14.5. The van der Waals surface area contributed by atoms with E-state index in [-0.39, 0.29) is 43.3 Å². The number of hydrogen-bond acceptors (Lipinski definition) is 4. The monoisotopic (exact) mass is 578 g/mol. The Hall–Kier alpha value is -1.01. The van der Waals surface area contributed by atoms with Gasteiger partial charge in [0.2, 0.25) is 0 Å². The predicted octanol–water partition coefficient (Wildman–Crippen LogP) is 6.25. The molecule has 0 amide bonds. The van der Waals surface area contributed by atoms with Crippen molar-refractivity contribution in [3.63, 3.8) is 0 Å². The number of carbonyl (C=O) groups is 1. The summed E-state index contributed by atoms with van der Waals surface area (Å²) >= 11 is -0.227. The number of carbonyl (C=O) groups excluding carboxylic acids is 1. The molecule has 0 unspecified atom stereocenters. The van der Waals surface area contributed by atoms with Crippen LogP contribution in [0.4, 0.5) is 0 Å². The predicted molar refractivity (Wildman–Crippen MR) is 152 cm³/mol. The van der Waals surface area contributed by atoms with Crippen molar-refractivity contribution in [3.8, 4) is 0 Å². The van der Waals surface area contributed by atoms with Gasteiger partial charge in [-0.1, -0.05) is 0 Å². The van der Waals surface area contributed by atoms with Crippen molar-refractivity contribution in [1.82, 2.24) is 0 Å². The average Bonchev–Trinajstić information content (AvgIpc) is 2.91. The molecule has 0 aromatic heterocycles. The molecule has 3 rings (SSSR count). The zero-order valence-electron chi connectivity index (χ0n) is 23.8. The summed E-state index contributed by atoms with van der Waals surface area (Å²) in [6.45, 7) is 25.0. The van der Waals surface area contributed by atoms with Gasteiger partial charge in [-0.25, -0.2) is 0 Å². The summed E-state index contributed by atoms with van der Waals surface area (Å²) in [7, 11) is -2.01. The molecule has 6 heteroatoms. The van der Waals surface area contributed by atoms with Crippen LogP contribution in [-0.2, 0) is 18.7 Å². The zero-order chi connectivity index (χ0) is 26.9. The molecule has 1 aromatic rings. The summed E-state index contributed by atoms with van der Waals surface area (Å²) in [6.07, 6.45) is 3.43. The summed E-state index contributed by atoms with van der Waals surface area (Å²) < 4.78 is 21.1. The third kappa shape index (κ3) is 6.89. The van der Waals surface area contributed by atoms with E-state index < -0.39 is 14.1 Å². The molecule has 1 aliphatic carbocycles. The molecule has 1 fully saturated rings. The molecule has 0 saturated heterocycles. The van der Waals surface area contributed by atoms with E-state index >= 15 is 0 Å². The van der Waals surface area contributed by atoms with Crippen LogP contribution in [0.1, 0.15) is 61.3 Å². The quantitative estimate of drug-likeness (QED) is 0.257. The molecule has 0 radical (unpaired) electrons. The number of hydrogen-bond donors (Lipinski definition) is 0. The van der Waals surface area contributed by atoms with Crippen LogP contribution in [0.25, 0.3) is 0 Å². The first-order chi connectivity index (χ1) is 16.6. The van der Waals surface area contributed by atoms with Crippen molar-refractivity contribution in [2.24, 2.45) is 17.3 Å². The first-order valence-corrected chi connectivity index (χ1v) is 17.8. The molecule has 2 aliphatic rings. The Kier molecular flexibility index (Phi) is 9.02. The maximum atomic E-state index is 13.4. The van der Waals surface area contributed by atoms with Crippen molar-refractivity contribution >= 4 is 32.4 Å². The van der Waals surface area contributed by atoms with Gasteiger partial charge in [0.25, 0.3) is 0 Å². The van der Waals surface area contributed by atoms with Crippen molar-refractivity contribution in [2.45, 2.75) is 91.3 Å². The SMILES string of the molecule is C=C[C@@H]1CC(C)(C)[C@@H]2OC(C)(C)OCC([C@@H](CO[Si](C)(C)C(C)(C)C)CC(=O)[Se]c3ccccc3)=C12. The maximum absolute atomic E-state index is 13.4. The average molecular weight is 578 g/mol. The molecule has 0 bridgehead atoms. The van der Waals surface area contributed by atoms with E-state index in [1.807, 2.05) is 32.0 Å². The van der Waals surface area contributed by atoms with Crippen molar-refractivity contribution in [3.05, 3.63) is 54.1 Å². The molecule has 200 valence electrons. The molecular weight excluding hydrogens is 531 g/mol. The second kappa shape index (κ2) is 11.0. The summed E-state index contributed by atoms with van der Waals surface area (Å²) in [5, 5.41) is 0.0972. The Bertz CT molecular complexity index is 974. The van der Waals surface area contributed by atoms with E-state index in [9.17, 15) is 4.79 Å². The summed E-state index contributed by atoms with van der Waals surface area (Å²) in [5.74, 6) is -0.528. The van der Waals surface area contributed by atoms with Crippen LogP contribution >= 0.6 is 0 Å². The van der Waals surface area contributed by atoms with E-state index in [0.717, 1.165) is 10.9 Å². The Morgan fingerprint density at radius 2 is 1.86 bits per heavy atom. The van der Waals surface area contributed by atoms with Gasteiger partial charge in [-0.15, -0.1) is 0 Å². The van der Waals surface area contributed by atoms with Crippen LogP contribution in [0.15, 0.2) is 54.1 Å². The molecule has 1 aromatic carbocycles. The van der Waals surface area contributed by atoms with Gasteiger partial charge >= 0.3 is 227 Å². The molecule has 36 heavy (non-hydrogen) atoms. The number of allylic oxidation sites excluding steroid dienone is 1. The molecule has 4 nitrogen and oxygen atoms in total. The molecule has 0 spiro atoms. The number of ether oxygens (including phenoxy) is 2. The van der Waals surface area contributed by atoms with Gasteiger partial charge in [0.1, 0.15) is 0 Å². The first-order valence-electron chi connectivity index (χ1n) is 13.1. The normalized spacial score (nSPS) is 24.7. The Morgan fingerprint density at radius 3 is 2.44 bits per heavy atom. The van der Waals surface area contributed by atoms with E-state index in [1.54, 1.807) is 0 Å². The fourth-order valence-corrected chi connectivity index (χ4v) is 7.73. The summed E-state index contributed by atoms with van der Waals surface area (Å²) in [5.41, 5.74) is 2.41. The van der Waals surface area contributed by atoms with E-state index in [4.69, 9.17) is 13.9 Å². The molecule has 3 atom stereocenters. The van der Waals surface area contributed by atoms with Crippen LogP contribution < -0.4 is 4.46 Å². The van der Waals surface area contributed by atoms with Crippen molar-refractivity contribution < 1.29 is 18.7 Å². The van der Waals surface area contributed by atoms with E-state index in [2.05, 4.69) is 72.5 Å². The molecule has 1 aliphatic heterocycles. The minimum atomic E-state index is -2.01. The summed E-state index contributed by atoms with van der Waals surface area (Å²) in [4.78, 5) is 13.4. The standard InChI is InChI=1S/C30H46O4SeSi/c1-11-21-18-29(5,6)27-26(21)24(20-32-30(7,8)34-27)22(19-33-36(9,10)28(2,3)4)17-25(31)35-23-15-13-12-14-16-23/h11-16,21-22,27H,1,17-20H2,2-10H3/t21-,22-,27-/m1/s1. The molecule has 0 N–H and O–H groups in total. The van der Waals surface area contributed by atoms with Crippen LogP contribution in [0.2, 0.25) is 18.1 Å². The van der Waals surface area contributed by atoms with Gasteiger partial charge in [0, 0.05) is 0 Å². The zero-order valence-corrected chi connectivity index (χ0v) is 26.5. The second-order valence-electron chi connectivity index (χ2n) is 13.0. The number of rotatable bonds is 9. The number of benzene rings is 1. The van der Waals surface area contributed by atoms with Gasteiger partial charge in [-0.3, -0.25) is 0 Å². The Balaban J connectivity index is 2.01. The van der Waals surface area contributed by atoms with Gasteiger partial charge in [0.15, 0.2) is 0 Å². The first kappa shape index (κ1) is 29.5. The van der Waals surface area contributed by atoms with Crippen LogP contribution in [-0.4, -0.2) is 53.1 Å². The van der Waals surface area contributed by atoms with Gasteiger partial charge in [-0.05, 0) is 0 Å². The van der Waals surface area contributed by atoms with Crippen molar-refractivity contribution in [1.29, 1.82) is 0 Å². The van der Waals surface area contributed by atoms with Crippen molar-refractivity contribution in [2.75, 3.05) is 13.2 Å². The van der Waals surface area contributed by atoms with E-state index in [0.29, 0.717) is 24.3 Å². The second-order valence-corrected chi connectivity index (χ2v) is 20.1. The molecule has 1 heterocycles. The fraction of sp³-hybridized carbons (Fsp3) is 0.633. The van der Waals surface area contributed by atoms with Gasteiger partial charge < -0.3 is 0 Å². The third-order valence-electron chi connectivity index (χ3n) is 8.10. The Labute approximate surface area is 226 Å². The number of fused-ring (bicyclic) bond motifs is 1. The van der Waals surface area contributed by atoms with Crippen LogP contribution in [0.5, 0.6) is 0 Å². The van der Waals surface area contributed by atoms with Crippen LogP contribution in [0.3, 0.4) is 0 Å². The molecular formula is C30H46O4SeSi. The van der Waals surface area contributed by atoms with Crippen LogP contribution in [0, 0.1) is 17.3 Å². The Morgan fingerprint density at radius 1 is 1.22 bits per heavy atom. The molecule has 1 saturated carbocycles. The summed E-state index contributed by atoms with van der Waals surface area (Å²) in [6, 6.07) is 10.1. The van der Waals surface area contributed by atoms with E-state index in [1.165, 1.54) is 11.1 Å². The fourth-order valence-electron chi connectivity index (χ4n) is 4.92. The topological polar surface area (TPSA) is 44.8 Å². The minimum absolute atomic E-state index is 0.0384. The van der Waals surface area contributed by atoms with Gasteiger partial charge in [-0.2, -0.15) is 0 Å². The van der Waals surface area contributed by atoms with Gasteiger partial charge in [0.05, 0.1) is 0 Å².